The standard InChI is InChI=1S/C13H19NO2/c1-10-4-2-3-5-11(10)6-7-12(14)8-9-13(15)16/h2-5,12H,6-9,14H2,1H3,(H,15,16). The monoisotopic (exact) mass is 221 g/mol. The molecule has 3 N–H and O–H groups in total. The van der Waals surface area contributed by atoms with E-state index in [-0.39, 0.29) is 12.5 Å². The highest BCUT2D eigenvalue weighted by Gasteiger charge is 2.06. The van der Waals surface area contributed by atoms with E-state index in [0.29, 0.717) is 6.42 Å². The topological polar surface area (TPSA) is 63.3 Å². The van der Waals surface area contributed by atoms with Gasteiger partial charge in [0.25, 0.3) is 0 Å². The van der Waals surface area contributed by atoms with Gasteiger partial charge in [-0.1, -0.05) is 24.3 Å². The highest BCUT2D eigenvalue weighted by atomic mass is 16.4. The van der Waals surface area contributed by atoms with Gasteiger partial charge in [-0.2, -0.15) is 0 Å². The number of aliphatic carboxylic acids is 1. The van der Waals surface area contributed by atoms with E-state index in [2.05, 4.69) is 19.1 Å². The molecule has 0 aromatic heterocycles. The number of hydrogen-bond acceptors (Lipinski definition) is 2. The van der Waals surface area contributed by atoms with Gasteiger partial charge in [0.1, 0.15) is 0 Å². The minimum Gasteiger partial charge on any atom is -0.481 e. The molecule has 3 nitrogen and oxygen atoms in total. The Morgan fingerprint density at radius 1 is 1.38 bits per heavy atom. The Bertz CT molecular complexity index is 350. The average molecular weight is 221 g/mol. The lowest BCUT2D eigenvalue weighted by Gasteiger charge is -2.11. The van der Waals surface area contributed by atoms with Crippen LogP contribution in [-0.2, 0) is 11.2 Å². The summed E-state index contributed by atoms with van der Waals surface area (Å²) in [5.74, 6) is -0.772. The third-order valence-electron chi connectivity index (χ3n) is 2.77. The fourth-order valence-corrected chi connectivity index (χ4v) is 1.68. The lowest BCUT2D eigenvalue weighted by molar-refractivity contribution is -0.137. The Kier molecular flexibility index (Phi) is 4.99. The van der Waals surface area contributed by atoms with Crippen LogP contribution in [0.25, 0.3) is 0 Å². The summed E-state index contributed by atoms with van der Waals surface area (Å²) >= 11 is 0. The van der Waals surface area contributed by atoms with Crippen LogP contribution < -0.4 is 5.73 Å². The molecular formula is C13H19NO2. The first-order valence-electron chi connectivity index (χ1n) is 5.61. The molecule has 0 radical (unpaired) electrons. The van der Waals surface area contributed by atoms with Gasteiger partial charge in [-0.3, -0.25) is 4.79 Å². The van der Waals surface area contributed by atoms with E-state index in [1.807, 2.05) is 12.1 Å². The van der Waals surface area contributed by atoms with Crippen LogP contribution in [0.15, 0.2) is 24.3 Å². The van der Waals surface area contributed by atoms with Gasteiger partial charge < -0.3 is 10.8 Å². The van der Waals surface area contributed by atoms with Gasteiger partial charge >= 0.3 is 5.97 Å². The zero-order chi connectivity index (χ0) is 12.0. The van der Waals surface area contributed by atoms with Crippen molar-refractivity contribution in [2.75, 3.05) is 0 Å². The van der Waals surface area contributed by atoms with Crippen LogP contribution in [0.3, 0.4) is 0 Å². The zero-order valence-corrected chi connectivity index (χ0v) is 9.65. The number of hydrogen-bond donors (Lipinski definition) is 2. The summed E-state index contributed by atoms with van der Waals surface area (Å²) in [6.07, 6.45) is 2.49. The maximum absolute atomic E-state index is 10.4. The number of carboxylic acid groups (broad SMARTS) is 1. The van der Waals surface area contributed by atoms with Crippen molar-refractivity contribution < 1.29 is 9.90 Å². The first-order valence-corrected chi connectivity index (χ1v) is 5.61. The van der Waals surface area contributed by atoms with Crippen LogP contribution in [0.5, 0.6) is 0 Å². The lowest BCUT2D eigenvalue weighted by Crippen LogP contribution is -2.21. The molecule has 3 heteroatoms. The van der Waals surface area contributed by atoms with E-state index in [0.717, 1.165) is 12.8 Å². The lowest BCUT2D eigenvalue weighted by atomic mass is 9.99. The van der Waals surface area contributed by atoms with Crippen LogP contribution in [-0.4, -0.2) is 17.1 Å². The Morgan fingerprint density at radius 3 is 2.69 bits per heavy atom. The van der Waals surface area contributed by atoms with Gasteiger partial charge in [0.15, 0.2) is 0 Å². The Hall–Kier alpha value is -1.35. The average Bonchev–Trinajstić information content (AvgIpc) is 2.25. The van der Waals surface area contributed by atoms with Crippen LogP contribution in [0.2, 0.25) is 0 Å². The molecule has 0 fully saturated rings. The third kappa shape index (κ3) is 4.45. The van der Waals surface area contributed by atoms with Crippen molar-refractivity contribution in [2.24, 2.45) is 5.73 Å². The second-order valence-corrected chi connectivity index (χ2v) is 4.16. The number of nitrogens with two attached hydrogens (primary N) is 1. The van der Waals surface area contributed by atoms with Gasteiger partial charge in [0, 0.05) is 12.5 Å². The fraction of sp³-hybridized carbons (Fsp3) is 0.462. The molecule has 0 bridgehead atoms. The van der Waals surface area contributed by atoms with E-state index in [9.17, 15) is 4.79 Å². The molecule has 1 aromatic carbocycles. The van der Waals surface area contributed by atoms with E-state index < -0.39 is 5.97 Å². The summed E-state index contributed by atoms with van der Waals surface area (Å²) in [4.78, 5) is 10.4. The molecule has 1 aromatic rings. The van der Waals surface area contributed by atoms with Crippen molar-refractivity contribution in [1.29, 1.82) is 0 Å². The molecule has 1 rings (SSSR count). The molecule has 0 aliphatic heterocycles. The second kappa shape index (κ2) is 6.28. The molecule has 88 valence electrons. The Balaban J connectivity index is 2.34. The highest BCUT2D eigenvalue weighted by molar-refractivity contribution is 5.66. The summed E-state index contributed by atoms with van der Waals surface area (Å²) in [5.41, 5.74) is 8.43. The second-order valence-electron chi connectivity index (χ2n) is 4.16. The molecule has 0 aliphatic rings. The Morgan fingerprint density at radius 2 is 2.06 bits per heavy atom. The molecule has 1 unspecified atom stereocenters. The molecule has 0 saturated heterocycles. The van der Waals surface area contributed by atoms with Gasteiger partial charge in [-0.25, -0.2) is 0 Å². The first kappa shape index (κ1) is 12.7. The first-order chi connectivity index (χ1) is 7.59. The summed E-state index contributed by atoms with van der Waals surface area (Å²) in [6, 6.07) is 8.20. The molecule has 0 spiro atoms. The minimum absolute atomic E-state index is 0.0179. The van der Waals surface area contributed by atoms with Crippen LogP contribution in [0.1, 0.15) is 30.4 Å². The number of benzene rings is 1. The smallest absolute Gasteiger partial charge is 0.303 e. The summed E-state index contributed by atoms with van der Waals surface area (Å²) in [7, 11) is 0. The molecular weight excluding hydrogens is 202 g/mol. The van der Waals surface area contributed by atoms with Gasteiger partial charge in [0.2, 0.25) is 0 Å². The quantitative estimate of drug-likeness (QED) is 0.773. The summed E-state index contributed by atoms with van der Waals surface area (Å²) in [5, 5.41) is 8.54. The molecule has 1 atom stereocenters. The molecule has 0 saturated carbocycles. The van der Waals surface area contributed by atoms with Gasteiger partial charge in [-0.15, -0.1) is 0 Å². The molecule has 16 heavy (non-hydrogen) atoms. The van der Waals surface area contributed by atoms with Crippen LogP contribution in [0, 0.1) is 6.92 Å². The number of aryl methyl sites for hydroxylation is 2. The fourth-order valence-electron chi connectivity index (χ4n) is 1.68. The third-order valence-corrected chi connectivity index (χ3v) is 2.77. The maximum Gasteiger partial charge on any atom is 0.303 e. The summed E-state index contributed by atoms with van der Waals surface area (Å²) < 4.78 is 0. The van der Waals surface area contributed by atoms with Crippen LogP contribution in [0.4, 0.5) is 0 Å². The van der Waals surface area contributed by atoms with Gasteiger partial charge in [-0.05, 0) is 37.3 Å². The number of carboxylic acids is 1. The number of rotatable bonds is 6. The molecule has 0 amide bonds. The van der Waals surface area contributed by atoms with Crippen molar-refractivity contribution in [2.45, 2.75) is 38.6 Å². The number of carbonyl (C=O) groups is 1. The SMILES string of the molecule is Cc1ccccc1CCC(N)CCC(=O)O. The van der Waals surface area contributed by atoms with E-state index >= 15 is 0 Å². The zero-order valence-electron chi connectivity index (χ0n) is 9.65. The minimum atomic E-state index is -0.772. The van der Waals surface area contributed by atoms with Crippen molar-refractivity contribution in [3.8, 4) is 0 Å². The van der Waals surface area contributed by atoms with Crippen molar-refractivity contribution >= 4 is 5.97 Å². The molecule has 0 heterocycles. The predicted octanol–water partition coefficient (Wildman–Crippen LogP) is 2.12. The highest BCUT2D eigenvalue weighted by Crippen LogP contribution is 2.11. The Labute approximate surface area is 96.3 Å². The summed E-state index contributed by atoms with van der Waals surface area (Å²) in [6.45, 7) is 2.08. The van der Waals surface area contributed by atoms with E-state index in [4.69, 9.17) is 10.8 Å². The van der Waals surface area contributed by atoms with Crippen molar-refractivity contribution in [1.82, 2.24) is 0 Å². The van der Waals surface area contributed by atoms with Crippen molar-refractivity contribution in [3.63, 3.8) is 0 Å². The van der Waals surface area contributed by atoms with Gasteiger partial charge in [0.05, 0.1) is 0 Å². The largest absolute Gasteiger partial charge is 0.481 e. The van der Waals surface area contributed by atoms with Crippen molar-refractivity contribution in [3.05, 3.63) is 35.4 Å². The normalized spacial score (nSPS) is 12.4. The van der Waals surface area contributed by atoms with E-state index in [1.165, 1.54) is 11.1 Å². The maximum atomic E-state index is 10.4. The molecule has 0 aliphatic carbocycles. The van der Waals surface area contributed by atoms with Crippen LogP contribution >= 0.6 is 0 Å². The predicted molar refractivity (Wildman–Crippen MR) is 64.3 cm³/mol. The van der Waals surface area contributed by atoms with E-state index in [1.54, 1.807) is 0 Å².